The summed E-state index contributed by atoms with van der Waals surface area (Å²) in [7, 11) is 0. The molecule has 1 atom stereocenters. The first-order valence-electron chi connectivity index (χ1n) is 11.8. The summed E-state index contributed by atoms with van der Waals surface area (Å²) in [6.45, 7) is 0. The topological polar surface area (TPSA) is 62.5 Å². The van der Waals surface area contributed by atoms with Gasteiger partial charge in [0, 0.05) is 35.9 Å². The molecule has 0 fully saturated rings. The predicted molar refractivity (Wildman–Crippen MR) is 145 cm³/mol. The van der Waals surface area contributed by atoms with E-state index in [2.05, 4.69) is 88.1 Å². The third-order valence-corrected chi connectivity index (χ3v) is 6.14. The molecule has 1 aliphatic rings. The van der Waals surface area contributed by atoms with Crippen LogP contribution in [0.2, 0.25) is 0 Å². The van der Waals surface area contributed by atoms with E-state index in [-0.39, 0.29) is 6.17 Å². The number of hydrogen-bond donors (Lipinski definition) is 1. The third-order valence-electron chi connectivity index (χ3n) is 6.14. The van der Waals surface area contributed by atoms with Crippen molar-refractivity contribution in [1.82, 2.24) is 15.3 Å². The minimum atomic E-state index is -0.350. The highest BCUT2D eigenvalue weighted by atomic mass is 15.2. The Hall–Kier alpha value is -4.90. The van der Waals surface area contributed by atoms with E-state index in [0.29, 0.717) is 0 Å². The number of pyridine rings is 2. The Morgan fingerprint density at radius 1 is 0.444 bits per heavy atom. The maximum atomic E-state index is 5.00. The average Bonchev–Trinajstić information content (AvgIpc) is 2.98. The number of hydrogen-bond acceptors (Lipinski definition) is 5. The molecule has 36 heavy (non-hydrogen) atoms. The van der Waals surface area contributed by atoms with Crippen LogP contribution in [0.1, 0.15) is 22.9 Å². The Morgan fingerprint density at radius 2 is 0.917 bits per heavy atom. The highest BCUT2D eigenvalue weighted by molar-refractivity contribution is 6.15. The summed E-state index contributed by atoms with van der Waals surface area (Å²) in [6.07, 6.45) is 6.96. The lowest BCUT2D eigenvalue weighted by Crippen LogP contribution is -2.36. The molecule has 0 saturated heterocycles. The van der Waals surface area contributed by atoms with E-state index < -0.39 is 0 Å². The van der Waals surface area contributed by atoms with E-state index in [1.165, 1.54) is 0 Å². The molecule has 3 aromatic carbocycles. The molecular formula is C31H23N5. The molecule has 3 heterocycles. The van der Waals surface area contributed by atoms with E-state index in [9.17, 15) is 0 Å². The van der Waals surface area contributed by atoms with E-state index in [1.807, 2.05) is 42.7 Å². The van der Waals surface area contributed by atoms with Crippen LogP contribution in [0.5, 0.6) is 0 Å². The fraction of sp³-hybridized carbons (Fsp3) is 0.0323. The summed E-state index contributed by atoms with van der Waals surface area (Å²) < 4.78 is 0. The Bertz CT molecular complexity index is 1510. The van der Waals surface area contributed by atoms with E-state index in [1.54, 1.807) is 12.4 Å². The molecule has 0 spiro atoms. The fourth-order valence-electron chi connectivity index (χ4n) is 4.22. The Kier molecular flexibility index (Phi) is 5.86. The molecular weight excluding hydrogens is 442 g/mol. The van der Waals surface area contributed by atoms with Gasteiger partial charge < -0.3 is 5.32 Å². The van der Waals surface area contributed by atoms with Crippen molar-refractivity contribution < 1.29 is 0 Å². The molecule has 0 bridgehead atoms. The van der Waals surface area contributed by atoms with Crippen molar-refractivity contribution in [2.75, 3.05) is 0 Å². The Morgan fingerprint density at radius 3 is 1.44 bits per heavy atom. The van der Waals surface area contributed by atoms with Crippen LogP contribution >= 0.6 is 0 Å². The van der Waals surface area contributed by atoms with Gasteiger partial charge in [0.15, 0.2) is 6.17 Å². The van der Waals surface area contributed by atoms with Crippen molar-refractivity contribution in [3.8, 4) is 22.3 Å². The molecule has 1 N–H and O–H groups in total. The van der Waals surface area contributed by atoms with Gasteiger partial charge in [-0.3, -0.25) is 9.97 Å². The van der Waals surface area contributed by atoms with Crippen LogP contribution < -0.4 is 5.32 Å². The lowest BCUT2D eigenvalue weighted by atomic mass is 10.0. The first-order valence-corrected chi connectivity index (χ1v) is 11.8. The minimum Gasteiger partial charge on any atom is -0.324 e. The van der Waals surface area contributed by atoms with Gasteiger partial charge in [-0.25, -0.2) is 9.98 Å². The van der Waals surface area contributed by atoms with E-state index in [4.69, 9.17) is 9.98 Å². The predicted octanol–water partition coefficient (Wildman–Crippen LogP) is 6.31. The van der Waals surface area contributed by atoms with Crippen molar-refractivity contribution in [2.24, 2.45) is 9.98 Å². The molecule has 0 saturated carbocycles. The number of benzene rings is 3. The molecule has 1 unspecified atom stereocenters. The maximum Gasteiger partial charge on any atom is 0.169 e. The van der Waals surface area contributed by atoms with E-state index in [0.717, 1.165) is 50.6 Å². The second-order valence-corrected chi connectivity index (χ2v) is 8.50. The zero-order valence-electron chi connectivity index (χ0n) is 19.5. The van der Waals surface area contributed by atoms with Gasteiger partial charge >= 0.3 is 0 Å². The third kappa shape index (κ3) is 4.55. The van der Waals surface area contributed by atoms with Crippen LogP contribution in [0.15, 0.2) is 138 Å². The number of aliphatic imine (C=N–C) groups is 2. The summed E-state index contributed by atoms with van der Waals surface area (Å²) in [5.74, 6) is 1.60. The molecule has 172 valence electrons. The second kappa shape index (κ2) is 9.76. The van der Waals surface area contributed by atoms with Crippen molar-refractivity contribution in [3.05, 3.63) is 145 Å². The quantitative estimate of drug-likeness (QED) is 0.331. The number of aromatic nitrogens is 2. The molecule has 0 amide bonds. The summed E-state index contributed by atoms with van der Waals surface area (Å²) in [6, 6.07) is 34.9. The van der Waals surface area contributed by atoms with Crippen LogP contribution in [-0.4, -0.2) is 21.6 Å². The van der Waals surface area contributed by atoms with Crippen LogP contribution in [-0.2, 0) is 0 Å². The highest BCUT2D eigenvalue weighted by Crippen LogP contribution is 2.27. The summed E-state index contributed by atoms with van der Waals surface area (Å²) >= 11 is 0. The molecule has 2 aromatic heterocycles. The minimum absolute atomic E-state index is 0.350. The van der Waals surface area contributed by atoms with Crippen LogP contribution in [0.4, 0.5) is 0 Å². The zero-order valence-corrected chi connectivity index (χ0v) is 19.5. The first kappa shape index (κ1) is 21.6. The SMILES string of the molecule is c1ccc(C2=NC(c3ccc(-c4cccnc4)cc3)N=C(c3ccc(-c4cccnc4)cc3)N2)cc1. The second-order valence-electron chi connectivity index (χ2n) is 8.50. The van der Waals surface area contributed by atoms with Gasteiger partial charge in [-0.2, -0.15) is 0 Å². The standard InChI is InChI=1S/C31H23N5/c1-2-6-24(7-3-1)29-34-30(25-14-10-22(11-15-25)27-8-4-18-32-20-27)36-31(35-29)26-16-12-23(13-17-26)28-9-5-19-33-21-28/h1-21,30H,(H,34,35,36). The van der Waals surface area contributed by atoms with Crippen LogP contribution in [0, 0.1) is 0 Å². The maximum absolute atomic E-state index is 5.00. The Balaban J connectivity index is 1.35. The molecule has 0 radical (unpaired) electrons. The molecule has 5 nitrogen and oxygen atoms in total. The molecule has 6 rings (SSSR count). The number of nitrogens with zero attached hydrogens (tertiary/aromatic N) is 4. The molecule has 1 aliphatic heterocycles. The van der Waals surface area contributed by atoms with E-state index >= 15 is 0 Å². The lowest BCUT2D eigenvalue weighted by Gasteiger charge is -2.22. The number of rotatable bonds is 5. The van der Waals surface area contributed by atoms with Crippen molar-refractivity contribution >= 4 is 11.7 Å². The van der Waals surface area contributed by atoms with Crippen LogP contribution in [0.25, 0.3) is 22.3 Å². The molecule has 5 aromatic rings. The van der Waals surface area contributed by atoms with Crippen molar-refractivity contribution in [2.45, 2.75) is 6.17 Å². The lowest BCUT2D eigenvalue weighted by molar-refractivity contribution is 0.756. The van der Waals surface area contributed by atoms with Crippen molar-refractivity contribution in [3.63, 3.8) is 0 Å². The van der Waals surface area contributed by atoms with Gasteiger partial charge in [0.05, 0.1) is 0 Å². The molecule has 5 heteroatoms. The number of amidine groups is 2. The van der Waals surface area contributed by atoms with Crippen molar-refractivity contribution in [1.29, 1.82) is 0 Å². The van der Waals surface area contributed by atoms with Gasteiger partial charge in [-0.1, -0.05) is 91.0 Å². The smallest absolute Gasteiger partial charge is 0.169 e. The largest absolute Gasteiger partial charge is 0.324 e. The summed E-state index contributed by atoms with van der Waals surface area (Å²) in [4.78, 5) is 18.4. The zero-order chi connectivity index (χ0) is 24.2. The molecule has 0 aliphatic carbocycles. The van der Waals surface area contributed by atoms with Gasteiger partial charge in [0.2, 0.25) is 0 Å². The summed E-state index contributed by atoms with van der Waals surface area (Å²) in [5, 5.41) is 3.46. The van der Waals surface area contributed by atoms with Gasteiger partial charge in [0.25, 0.3) is 0 Å². The van der Waals surface area contributed by atoms with Gasteiger partial charge in [-0.15, -0.1) is 0 Å². The highest BCUT2D eigenvalue weighted by Gasteiger charge is 2.20. The Labute approximate surface area is 210 Å². The number of nitrogens with one attached hydrogen (secondary N) is 1. The van der Waals surface area contributed by atoms with Crippen LogP contribution in [0.3, 0.4) is 0 Å². The normalized spacial score (nSPS) is 14.9. The fourth-order valence-corrected chi connectivity index (χ4v) is 4.22. The van der Waals surface area contributed by atoms with Gasteiger partial charge in [-0.05, 0) is 39.9 Å². The first-order chi connectivity index (χ1) is 17.8. The monoisotopic (exact) mass is 465 g/mol. The van der Waals surface area contributed by atoms with Gasteiger partial charge in [0.1, 0.15) is 11.7 Å². The average molecular weight is 466 g/mol. The summed E-state index contributed by atoms with van der Waals surface area (Å²) in [5.41, 5.74) is 7.45.